The normalized spacial score (nSPS) is 12.8. The van der Waals surface area contributed by atoms with Gasteiger partial charge in [-0.1, -0.05) is 28.1 Å². The van der Waals surface area contributed by atoms with Gasteiger partial charge in [-0.3, -0.25) is 19.3 Å². The minimum Gasteiger partial charge on any atom is -0.332 e. The van der Waals surface area contributed by atoms with Crippen molar-refractivity contribution in [2.24, 2.45) is 0 Å². The highest BCUT2D eigenvalue weighted by Crippen LogP contribution is 2.21. The second kappa shape index (κ2) is 7.12. The molecule has 1 heterocycles. The van der Waals surface area contributed by atoms with Crippen LogP contribution in [-0.2, 0) is 4.79 Å². The Kier molecular flexibility index (Phi) is 4.91. The maximum absolute atomic E-state index is 12.2. The van der Waals surface area contributed by atoms with Crippen LogP contribution in [0.15, 0.2) is 53.0 Å². The van der Waals surface area contributed by atoms with E-state index >= 15 is 0 Å². The van der Waals surface area contributed by atoms with E-state index in [1.165, 1.54) is 0 Å². The Morgan fingerprint density at radius 1 is 1.00 bits per heavy atom. The van der Waals surface area contributed by atoms with Gasteiger partial charge in [-0.25, -0.2) is 0 Å². The predicted molar refractivity (Wildman–Crippen MR) is 100 cm³/mol. The zero-order chi connectivity index (χ0) is 18.0. The monoisotopic (exact) mass is 417 g/mol. The molecule has 0 saturated carbocycles. The van der Waals surface area contributed by atoms with Crippen molar-refractivity contribution in [3.8, 4) is 0 Å². The van der Waals surface area contributed by atoms with Crippen molar-refractivity contribution >= 4 is 56.7 Å². The molecule has 0 radical (unpaired) electrons. The van der Waals surface area contributed by atoms with Crippen molar-refractivity contribution in [1.29, 1.82) is 0 Å². The van der Waals surface area contributed by atoms with Crippen LogP contribution in [-0.4, -0.2) is 34.3 Å². The highest BCUT2D eigenvalue weighted by atomic mass is 79.9. The number of anilines is 1. The summed E-state index contributed by atoms with van der Waals surface area (Å²) in [4.78, 5) is 37.5. The summed E-state index contributed by atoms with van der Waals surface area (Å²) in [5.74, 6) is -1.52. The number of carbonyl (C=O) groups excluding carboxylic acids is 3. The van der Waals surface area contributed by atoms with E-state index in [0.29, 0.717) is 16.8 Å². The van der Waals surface area contributed by atoms with Gasteiger partial charge in [0.25, 0.3) is 11.8 Å². The minimum atomic E-state index is -0.552. The van der Waals surface area contributed by atoms with Gasteiger partial charge < -0.3 is 10.6 Å². The van der Waals surface area contributed by atoms with Crippen LogP contribution >= 0.6 is 28.1 Å². The van der Waals surface area contributed by atoms with E-state index in [-0.39, 0.29) is 5.11 Å². The fraction of sp³-hybridized carbons (Fsp3) is 0.0588. The van der Waals surface area contributed by atoms with E-state index in [0.717, 1.165) is 9.37 Å². The zero-order valence-electron chi connectivity index (χ0n) is 12.8. The van der Waals surface area contributed by atoms with Gasteiger partial charge >= 0.3 is 0 Å². The molecule has 126 valence electrons. The summed E-state index contributed by atoms with van der Waals surface area (Å²) in [5, 5.41) is 5.40. The van der Waals surface area contributed by atoms with E-state index < -0.39 is 24.3 Å². The fourth-order valence-electron chi connectivity index (χ4n) is 2.39. The van der Waals surface area contributed by atoms with E-state index in [1.807, 2.05) is 12.1 Å². The van der Waals surface area contributed by atoms with E-state index in [2.05, 4.69) is 26.6 Å². The van der Waals surface area contributed by atoms with Crippen molar-refractivity contribution in [2.45, 2.75) is 0 Å². The summed E-state index contributed by atoms with van der Waals surface area (Å²) in [7, 11) is 0. The van der Waals surface area contributed by atoms with Gasteiger partial charge in [-0.15, -0.1) is 0 Å². The van der Waals surface area contributed by atoms with Crippen LogP contribution < -0.4 is 10.6 Å². The number of benzene rings is 2. The third-order valence-electron chi connectivity index (χ3n) is 3.53. The molecule has 0 spiro atoms. The molecular weight excluding hydrogens is 406 g/mol. The average molecular weight is 418 g/mol. The van der Waals surface area contributed by atoms with Gasteiger partial charge in [0, 0.05) is 10.2 Å². The lowest BCUT2D eigenvalue weighted by Gasteiger charge is -2.14. The molecule has 0 fully saturated rings. The maximum atomic E-state index is 12.2. The summed E-state index contributed by atoms with van der Waals surface area (Å²) >= 11 is 8.40. The van der Waals surface area contributed by atoms with Crippen LogP contribution in [0.4, 0.5) is 5.69 Å². The smallest absolute Gasteiger partial charge is 0.262 e. The Morgan fingerprint density at radius 3 is 2.12 bits per heavy atom. The molecule has 0 unspecified atom stereocenters. The number of thiocarbonyl (C=S) groups is 1. The van der Waals surface area contributed by atoms with Crippen molar-refractivity contribution < 1.29 is 14.4 Å². The number of hydrogen-bond acceptors (Lipinski definition) is 4. The van der Waals surface area contributed by atoms with Crippen LogP contribution in [0.5, 0.6) is 0 Å². The number of amides is 3. The number of halogens is 1. The summed E-state index contributed by atoms with van der Waals surface area (Å²) in [5.41, 5.74) is 1.31. The molecule has 0 bridgehead atoms. The predicted octanol–water partition coefficient (Wildman–Crippen LogP) is 2.56. The molecule has 2 N–H and O–H groups in total. The Hall–Kier alpha value is -2.58. The summed E-state index contributed by atoms with van der Waals surface area (Å²) in [6.45, 7) is -0.394. The van der Waals surface area contributed by atoms with Crippen LogP contribution in [0.25, 0.3) is 0 Å². The van der Waals surface area contributed by atoms with E-state index in [9.17, 15) is 14.4 Å². The molecule has 3 rings (SSSR count). The molecule has 1 aliphatic heterocycles. The first-order valence-corrected chi connectivity index (χ1v) is 8.47. The topological polar surface area (TPSA) is 78.5 Å². The van der Waals surface area contributed by atoms with E-state index in [1.54, 1.807) is 36.4 Å². The first-order valence-electron chi connectivity index (χ1n) is 7.27. The summed E-state index contributed by atoms with van der Waals surface area (Å²) < 4.78 is 0.915. The minimum absolute atomic E-state index is 0.0870. The number of nitrogens with zero attached hydrogens (tertiary/aromatic N) is 1. The standard InChI is InChI=1S/C17H12BrN3O3S/c18-10-5-7-11(8-6-10)19-17(25)20-14(22)9-21-15(23)12-3-1-2-4-13(12)16(21)24/h1-8H,9H2,(H2,19,20,22,25). The summed E-state index contributed by atoms with van der Waals surface area (Å²) in [6.07, 6.45) is 0. The fourth-order valence-corrected chi connectivity index (χ4v) is 2.88. The van der Waals surface area contributed by atoms with Crippen molar-refractivity contribution in [3.05, 3.63) is 64.1 Å². The molecule has 0 saturated heterocycles. The molecule has 8 heteroatoms. The molecule has 3 amide bonds. The Bertz CT molecular complexity index is 848. The third kappa shape index (κ3) is 3.75. The number of nitrogens with one attached hydrogen (secondary N) is 2. The molecule has 25 heavy (non-hydrogen) atoms. The highest BCUT2D eigenvalue weighted by Gasteiger charge is 2.36. The first-order chi connectivity index (χ1) is 12.0. The Morgan fingerprint density at radius 2 is 1.56 bits per heavy atom. The highest BCUT2D eigenvalue weighted by molar-refractivity contribution is 9.10. The second-order valence-electron chi connectivity index (χ2n) is 5.25. The lowest BCUT2D eigenvalue weighted by Crippen LogP contribution is -2.43. The molecule has 2 aromatic carbocycles. The lowest BCUT2D eigenvalue weighted by molar-refractivity contribution is -0.120. The number of fused-ring (bicyclic) bond motifs is 1. The SMILES string of the molecule is O=C(CN1C(=O)c2ccccc2C1=O)NC(=S)Nc1ccc(Br)cc1. The molecule has 0 atom stereocenters. The second-order valence-corrected chi connectivity index (χ2v) is 6.58. The molecule has 0 aliphatic carbocycles. The van der Waals surface area contributed by atoms with Crippen LogP contribution in [0, 0.1) is 0 Å². The van der Waals surface area contributed by atoms with E-state index in [4.69, 9.17) is 12.2 Å². The zero-order valence-corrected chi connectivity index (χ0v) is 15.2. The largest absolute Gasteiger partial charge is 0.332 e. The van der Waals surface area contributed by atoms with Gasteiger partial charge in [-0.05, 0) is 48.6 Å². The maximum Gasteiger partial charge on any atom is 0.262 e. The molecular formula is C17H12BrN3O3S. The third-order valence-corrected chi connectivity index (χ3v) is 4.27. The van der Waals surface area contributed by atoms with Gasteiger partial charge in [0.1, 0.15) is 6.54 Å². The van der Waals surface area contributed by atoms with Crippen LogP contribution in [0.1, 0.15) is 20.7 Å². The van der Waals surface area contributed by atoms with Gasteiger partial charge in [0.15, 0.2) is 5.11 Å². The van der Waals surface area contributed by atoms with Crippen LogP contribution in [0.3, 0.4) is 0 Å². The molecule has 0 aromatic heterocycles. The molecule has 1 aliphatic rings. The van der Waals surface area contributed by atoms with Crippen molar-refractivity contribution in [1.82, 2.24) is 10.2 Å². The van der Waals surface area contributed by atoms with Gasteiger partial charge in [0.05, 0.1) is 11.1 Å². The number of carbonyl (C=O) groups is 3. The average Bonchev–Trinajstić information content (AvgIpc) is 2.82. The van der Waals surface area contributed by atoms with Crippen molar-refractivity contribution in [2.75, 3.05) is 11.9 Å². The molecule has 2 aromatic rings. The van der Waals surface area contributed by atoms with Gasteiger partial charge in [0.2, 0.25) is 5.91 Å². The molecule has 6 nitrogen and oxygen atoms in total. The number of hydrogen-bond donors (Lipinski definition) is 2. The lowest BCUT2D eigenvalue weighted by atomic mass is 10.1. The van der Waals surface area contributed by atoms with Gasteiger partial charge in [-0.2, -0.15) is 0 Å². The summed E-state index contributed by atoms with van der Waals surface area (Å²) in [6, 6.07) is 13.7. The van der Waals surface area contributed by atoms with Crippen molar-refractivity contribution in [3.63, 3.8) is 0 Å². The number of imide groups is 1. The Balaban J connectivity index is 1.60. The first kappa shape index (κ1) is 17.2. The Labute approximate surface area is 157 Å². The number of rotatable bonds is 3. The quantitative estimate of drug-likeness (QED) is 0.592. The van der Waals surface area contributed by atoms with Crippen LogP contribution in [0.2, 0.25) is 0 Å².